The van der Waals surface area contributed by atoms with Gasteiger partial charge in [-0.2, -0.15) is 0 Å². The summed E-state index contributed by atoms with van der Waals surface area (Å²) < 4.78 is 3.29. The smallest absolute Gasteiger partial charge is 0.238 e. The van der Waals surface area contributed by atoms with Crippen molar-refractivity contribution in [3.63, 3.8) is 0 Å². The second-order valence-electron chi connectivity index (χ2n) is 7.22. The average Bonchev–Trinajstić information content (AvgIpc) is 3.24. The number of benzene rings is 1. The van der Waals surface area contributed by atoms with Crippen LogP contribution in [0, 0.1) is 0 Å². The molecule has 1 saturated heterocycles. The SMILES string of the molecule is O=C(NCCc1nnc2n1CCCCC2)C1CC(c2ccc(Br)cc2)NN1. The summed E-state index contributed by atoms with van der Waals surface area (Å²) >= 11 is 3.45. The molecule has 8 heteroatoms. The number of hydrogen-bond donors (Lipinski definition) is 3. The Hall–Kier alpha value is -1.77. The molecule has 1 aromatic carbocycles. The second kappa shape index (κ2) is 8.50. The van der Waals surface area contributed by atoms with Crippen LogP contribution in [0.2, 0.25) is 0 Å². The molecule has 2 aromatic rings. The Balaban J connectivity index is 1.27. The molecular weight excluding hydrogens is 408 g/mol. The van der Waals surface area contributed by atoms with Gasteiger partial charge in [-0.15, -0.1) is 10.2 Å². The maximum Gasteiger partial charge on any atom is 0.238 e. The molecule has 0 radical (unpaired) electrons. The van der Waals surface area contributed by atoms with Gasteiger partial charge in [0.15, 0.2) is 0 Å². The van der Waals surface area contributed by atoms with Gasteiger partial charge in [-0.1, -0.05) is 34.5 Å². The third-order valence-electron chi connectivity index (χ3n) is 5.33. The van der Waals surface area contributed by atoms with Crippen LogP contribution < -0.4 is 16.2 Å². The van der Waals surface area contributed by atoms with E-state index in [9.17, 15) is 4.79 Å². The minimum absolute atomic E-state index is 0.0257. The normalized spacial score (nSPS) is 22.3. The first-order chi connectivity index (χ1) is 13.2. The number of aromatic nitrogens is 3. The minimum atomic E-state index is -0.228. The fraction of sp³-hybridized carbons (Fsp3) is 0.526. The van der Waals surface area contributed by atoms with Gasteiger partial charge in [-0.05, 0) is 37.0 Å². The van der Waals surface area contributed by atoms with Gasteiger partial charge in [-0.25, -0.2) is 10.9 Å². The molecule has 144 valence electrons. The maximum atomic E-state index is 12.5. The molecule has 1 amide bonds. The third kappa shape index (κ3) is 4.39. The van der Waals surface area contributed by atoms with Gasteiger partial charge < -0.3 is 9.88 Å². The van der Waals surface area contributed by atoms with Crippen molar-refractivity contribution in [3.05, 3.63) is 46.0 Å². The molecule has 2 unspecified atom stereocenters. The predicted molar refractivity (Wildman–Crippen MR) is 106 cm³/mol. The molecule has 0 bridgehead atoms. The number of nitrogens with zero attached hydrogens (tertiary/aromatic N) is 3. The second-order valence-corrected chi connectivity index (χ2v) is 8.13. The first kappa shape index (κ1) is 18.6. The highest BCUT2D eigenvalue weighted by molar-refractivity contribution is 9.10. The Morgan fingerprint density at radius 2 is 2.04 bits per heavy atom. The number of halogens is 1. The van der Waals surface area contributed by atoms with Gasteiger partial charge in [0, 0.05) is 36.4 Å². The van der Waals surface area contributed by atoms with E-state index in [4.69, 9.17) is 0 Å². The van der Waals surface area contributed by atoms with Gasteiger partial charge in [0.25, 0.3) is 0 Å². The van der Waals surface area contributed by atoms with Crippen molar-refractivity contribution in [2.75, 3.05) is 6.54 Å². The van der Waals surface area contributed by atoms with E-state index in [0.29, 0.717) is 6.54 Å². The summed E-state index contributed by atoms with van der Waals surface area (Å²) in [7, 11) is 0. The van der Waals surface area contributed by atoms with Crippen LogP contribution in [-0.4, -0.2) is 33.3 Å². The van der Waals surface area contributed by atoms with Gasteiger partial charge in [0.05, 0.1) is 0 Å². The first-order valence-electron chi connectivity index (χ1n) is 9.66. The Labute approximate surface area is 167 Å². The number of carbonyl (C=O) groups excluding carboxylic acids is 1. The molecule has 3 N–H and O–H groups in total. The molecule has 0 spiro atoms. The summed E-state index contributed by atoms with van der Waals surface area (Å²) in [6, 6.07) is 8.09. The van der Waals surface area contributed by atoms with Gasteiger partial charge in [-0.3, -0.25) is 4.79 Å². The van der Waals surface area contributed by atoms with Crippen LogP contribution in [0.3, 0.4) is 0 Å². The van der Waals surface area contributed by atoms with Crippen molar-refractivity contribution in [1.82, 2.24) is 30.9 Å². The minimum Gasteiger partial charge on any atom is -0.354 e. The molecule has 7 nitrogen and oxygen atoms in total. The van der Waals surface area contributed by atoms with Crippen LogP contribution >= 0.6 is 15.9 Å². The monoisotopic (exact) mass is 432 g/mol. The van der Waals surface area contributed by atoms with E-state index in [1.165, 1.54) is 24.8 Å². The molecule has 4 rings (SSSR count). The standard InChI is InChI=1S/C19H25BrN6O/c20-14-7-5-13(6-8-14)15-12-16(23-22-15)19(27)21-10-9-18-25-24-17-4-2-1-3-11-26(17)18/h5-8,15-16,22-23H,1-4,9-12H2,(H,21,27). The molecule has 0 saturated carbocycles. The van der Waals surface area contributed by atoms with Crippen molar-refractivity contribution in [2.45, 2.75) is 57.2 Å². The van der Waals surface area contributed by atoms with Crippen molar-refractivity contribution in [3.8, 4) is 0 Å². The van der Waals surface area contributed by atoms with E-state index in [-0.39, 0.29) is 18.0 Å². The number of rotatable bonds is 5. The summed E-state index contributed by atoms with van der Waals surface area (Å²) in [6.45, 7) is 1.58. The number of aryl methyl sites for hydroxylation is 1. The quantitative estimate of drug-likeness (QED) is 0.672. The molecule has 1 aromatic heterocycles. The zero-order valence-electron chi connectivity index (χ0n) is 15.2. The molecule has 3 heterocycles. The fourth-order valence-electron chi connectivity index (χ4n) is 3.79. The first-order valence-corrected chi connectivity index (χ1v) is 10.4. The Morgan fingerprint density at radius 1 is 1.19 bits per heavy atom. The topological polar surface area (TPSA) is 83.9 Å². The number of hydrazine groups is 1. The zero-order valence-corrected chi connectivity index (χ0v) is 16.8. The molecule has 27 heavy (non-hydrogen) atoms. The van der Waals surface area contributed by atoms with E-state index in [1.807, 2.05) is 12.1 Å². The zero-order chi connectivity index (χ0) is 18.6. The molecule has 0 aliphatic carbocycles. The lowest BCUT2D eigenvalue weighted by molar-refractivity contribution is -0.122. The summed E-state index contributed by atoms with van der Waals surface area (Å²) in [5, 5.41) is 11.7. The summed E-state index contributed by atoms with van der Waals surface area (Å²) in [6.07, 6.45) is 6.07. The predicted octanol–water partition coefficient (Wildman–Crippen LogP) is 2.03. The third-order valence-corrected chi connectivity index (χ3v) is 5.85. The molecule has 2 atom stereocenters. The highest BCUT2D eigenvalue weighted by atomic mass is 79.9. The van der Waals surface area contributed by atoms with E-state index in [1.54, 1.807) is 0 Å². The van der Waals surface area contributed by atoms with Crippen molar-refractivity contribution in [1.29, 1.82) is 0 Å². The van der Waals surface area contributed by atoms with Crippen molar-refractivity contribution < 1.29 is 4.79 Å². The van der Waals surface area contributed by atoms with Crippen LogP contribution in [0.5, 0.6) is 0 Å². The van der Waals surface area contributed by atoms with Gasteiger partial charge in [0.2, 0.25) is 5.91 Å². The molecule has 2 aliphatic heterocycles. The maximum absolute atomic E-state index is 12.5. The Bertz CT molecular complexity index is 790. The number of amides is 1. The van der Waals surface area contributed by atoms with E-state index in [2.05, 4.69) is 59.0 Å². The van der Waals surface area contributed by atoms with Crippen LogP contribution in [0.25, 0.3) is 0 Å². The van der Waals surface area contributed by atoms with Crippen LogP contribution in [0.15, 0.2) is 28.7 Å². The lowest BCUT2D eigenvalue weighted by Crippen LogP contribution is -2.43. The van der Waals surface area contributed by atoms with Crippen LogP contribution in [0.4, 0.5) is 0 Å². The van der Waals surface area contributed by atoms with Crippen molar-refractivity contribution >= 4 is 21.8 Å². The Kier molecular flexibility index (Phi) is 5.85. The highest BCUT2D eigenvalue weighted by Crippen LogP contribution is 2.23. The molecule has 2 aliphatic rings. The summed E-state index contributed by atoms with van der Waals surface area (Å²) in [4.78, 5) is 12.5. The molecular formula is C19H25BrN6O. The average molecular weight is 433 g/mol. The summed E-state index contributed by atoms with van der Waals surface area (Å²) in [5.74, 6) is 2.10. The number of hydrogen-bond acceptors (Lipinski definition) is 5. The van der Waals surface area contributed by atoms with E-state index in [0.717, 1.165) is 41.9 Å². The number of fused-ring (bicyclic) bond motifs is 1. The fourth-order valence-corrected chi connectivity index (χ4v) is 4.06. The number of nitrogens with one attached hydrogen (secondary N) is 3. The largest absolute Gasteiger partial charge is 0.354 e. The van der Waals surface area contributed by atoms with Gasteiger partial charge in [0.1, 0.15) is 17.7 Å². The summed E-state index contributed by atoms with van der Waals surface area (Å²) in [5.41, 5.74) is 7.51. The lowest BCUT2D eigenvalue weighted by atomic mass is 10.0. The molecule has 1 fully saturated rings. The number of carbonyl (C=O) groups is 1. The van der Waals surface area contributed by atoms with Gasteiger partial charge >= 0.3 is 0 Å². The van der Waals surface area contributed by atoms with Crippen LogP contribution in [0.1, 0.15) is 48.9 Å². The highest BCUT2D eigenvalue weighted by Gasteiger charge is 2.29. The van der Waals surface area contributed by atoms with E-state index < -0.39 is 0 Å². The van der Waals surface area contributed by atoms with Crippen molar-refractivity contribution in [2.24, 2.45) is 0 Å². The lowest BCUT2D eigenvalue weighted by Gasteiger charge is -2.11. The van der Waals surface area contributed by atoms with Crippen LogP contribution in [-0.2, 0) is 24.2 Å². The van der Waals surface area contributed by atoms with E-state index >= 15 is 0 Å². The Morgan fingerprint density at radius 3 is 2.89 bits per heavy atom.